The monoisotopic (exact) mass is 452 g/mol. The molecule has 0 amide bonds. The number of nitrogens with two attached hydrogens (primary N) is 1. The van der Waals surface area contributed by atoms with Crippen LogP contribution in [0.15, 0.2) is 36.4 Å². The standard InChI is InChI=1S/C24H24N2O7/c1-12-19(25)18-17(26(12)10-13-6-4-3-5-7-13)9-15-16(8-14(28)11-27)22(18)33-23(24(31)32-2)21(30)20(15)29/h3-7,9,14,23,27-28H,8,10-11,25H2,1-2H3. The second kappa shape index (κ2) is 8.68. The Balaban J connectivity index is 2.01. The molecule has 2 atom stereocenters. The topological polar surface area (TPSA) is 141 Å². The van der Waals surface area contributed by atoms with E-state index >= 15 is 0 Å². The molecule has 4 N–H and O–H groups in total. The van der Waals surface area contributed by atoms with Gasteiger partial charge in [0, 0.05) is 29.8 Å². The summed E-state index contributed by atoms with van der Waals surface area (Å²) in [5.74, 6) is -2.97. The first-order chi connectivity index (χ1) is 15.8. The van der Waals surface area contributed by atoms with Crippen LogP contribution in [0.5, 0.6) is 5.75 Å². The largest absolute Gasteiger partial charge is 0.469 e. The number of benzene rings is 2. The van der Waals surface area contributed by atoms with Gasteiger partial charge >= 0.3 is 5.97 Å². The molecular formula is C24H24N2O7. The summed E-state index contributed by atoms with van der Waals surface area (Å²) >= 11 is 0. The van der Waals surface area contributed by atoms with Gasteiger partial charge in [0.05, 0.1) is 36.4 Å². The number of aromatic nitrogens is 1. The third-order valence-electron chi connectivity index (χ3n) is 5.91. The van der Waals surface area contributed by atoms with E-state index in [-0.39, 0.29) is 23.3 Å². The minimum atomic E-state index is -1.80. The Bertz CT molecular complexity index is 1260. The molecule has 33 heavy (non-hydrogen) atoms. The van der Waals surface area contributed by atoms with Gasteiger partial charge in [0.1, 0.15) is 5.75 Å². The molecule has 1 aliphatic heterocycles. The van der Waals surface area contributed by atoms with Gasteiger partial charge in [0.2, 0.25) is 5.78 Å². The van der Waals surface area contributed by atoms with Crippen molar-refractivity contribution in [3.05, 3.63) is 58.8 Å². The fourth-order valence-electron chi connectivity index (χ4n) is 4.16. The van der Waals surface area contributed by atoms with Gasteiger partial charge in [-0.2, -0.15) is 0 Å². The van der Waals surface area contributed by atoms with Crippen molar-refractivity contribution in [3.63, 3.8) is 0 Å². The number of aliphatic hydroxyl groups excluding tert-OH is 2. The number of Topliss-reactive ketones (excluding diaryl/α,β-unsaturated/α-hetero) is 2. The molecule has 0 aliphatic carbocycles. The van der Waals surface area contributed by atoms with Crippen LogP contribution in [0.4, 0.5) is 5.69 Å². The van der Waals surface area contributed by atoms with Crippen molar-refractivity contribution < 1.29 is 34.1 Å². The lowest BCUT2D eigenvalue weighted by Gasteiger charge is -2.17. The molecule has 0 radical (unpaired) electrons. The molecule has 0 fully saturated rings. The van der Waals surface area contributed by atoms with Crippen LogP contribution in [-0.2, 0) is 27.3 Å². The number of nitrogen functional groups attached to an aromatic ring is 1. The molecule has 172 valence electrons. The summed E-state index contributed by atoms with van der Waals surface area (Å²) in [5.41, 5.74) is 9.25. The number of esters is 1. The van der Waals surface area contributed by atoms with Crippen LogP contribution in [0.1, 0.15) is 27.2 Å². The molecule has 2 bridgehead atoms. The Morgan fingerprint density at radius 2 is 1.97 bits per heavy atom. The van der Waals surface area contributed by atoms with Gasteiger partial charge in [-0.05, 0) is 18.6 Å². The fourth-order valence-corrected chi connectivity index (χ4v) is 4.16. The predicted octanol–water partition coefficient (Wildman–Crippen LogP) is 1.16. The molecule has 9 heteroatoms. The number of hydrogen-bond donors (Lipinski definition) is 3. The highest BCUT2D eigenvalue weighted by Crippen LogP contribution is 2.43. The zero-order chi connectivity index (χ0) is 23.9. The van der Waals surface area contributed by atoms with Gasteiger partial charge < -0.3 is 30.0 Å². The molecule has 4 rings (SSSR count). The summed E-state index contributed by atoms with van der Waals surface area (Å²) in [4.78, 5) is 38.2. The third-order valence-corrected chi connectivity index (χ3v) is 5.91. The van der Waals surface area contributed by atoms with Gasteiger partial charge in [-0.3, -0.25) is 9.59 Å². The predicted molar refractivity (Wildman–Crippen MR) is 119 cm³/mol. The number of carbonyl (C=O) groups is 3. The number of aliphatic hydroxyl groups is 2. The van der Waals surface area contributed by atoms with E-state index in [0.717, 1.165) is 12.7 Å². The van der Waals surface area contributed by atoms with E-state index in [4.69, 9.17) is 10.5 Å². The molecular weight excluding hydrogens is 428 g/mol. The molecule has 0 spiro atoms. The maximum Gasteiger partial charge on any atom is 0.355 e. The molecule has 9 nitrogen and oxygen atoms in total. The molecule has 1 aliphatic rings. The smallest absolute Gasteiger partial charge is 0.355 e. The van der Waals surface area contributed by atoms with Gasteiger partial charge in [0.15, 0.2) is 0 Å². The molecule has 2 unspecified atom stereocenters. The van der Waals surface area contributed by atoms with Crippen LogP contribution >= 0.6 is 0 Å². The van der Waals surface area contributed by atoms with Gasteiger partial charge in [-0.15, -0.1) is 0 Å². The fraction of sp³-hybridized carbons (Fsp3) is 0.292. The minimum Gasteiger partial charge on any atom is -0.469 e. The molecule has 3 aromatic rings. The van der Waals surface area contributed by atoms with Gasteiger partial charge in [-0.1, -0.05) is 30.3 Å². The van der Waals surface area contributed by atoms with E-state index in [1.807, 2.05) is 41.8 Å². The first-order valence-electron chi connectivity index (χ1n) is 10.4. The Morgan fingerprint density at radius 1 is 1.27 bits per heavy atom. The highest BCUT2D eigenvalue weighted by atomic mass is 16.6. The zero-order valence-electron chi connectivity index (χ0n) is 18.2. The normalized spacial score (nSPS) is 16.4. The molecule has 0 saturated carbocycles. The van der Waals surface area contributed by atoms with Gasteiger partial charge in [-0.25, -0.2) is 4.79 Å². The number of rotatable bonds is 6. The number of nitrogens with zero attached hydrogens (tertiary/aromatic N) is 1. The lowest BCUT2D eigenvalue weighted by molar-refractivity contribution is -0.152. The average Bonchev–Trinajstić information content (AvgIpc) is 3.03. The van der Waals surface area contributed by atoms with Crippen molar-refractivity contribution in [2.75, 3.05) is 19.5 Å². The van der Waals surface area contributed by atoms with E-state index in [2.05, 4.69) is 4.74 Å². The summed E-state index contributed by atoms with van der Waals surface area (Å²) in [6.45, 7) is 1.70. The van der Waals surface area contributed by atoms with Crippen molar-refractivity contribution in [2.24, 2.45) is 0 Å². The van der Waals surface area contributed by atoms with Crippen LogP contribution in [0.25, 0.3) is 10.9 Å². The van der Waals surface area contributed by atoms with Crippen molar-refractivity contribution in [1.82, 2.24) is 4.57 Å². The molecule has 2 aromatic carbocycles. The maximum absolute atomic E-state index is 13.1. The zero-order valence-corrected chi connectivity index (χ0v) is 18.2. The SMILES string of the molecule is COC(=O)C1Oc2c(CC(O)CO)c(cc3c2c(N)c(C)n3Cc2ccccc2)C(=O)C1=O. The van der Waals surface area contributed by atoms with Crippen LogP contribution < -0.4 is 10.5 Å². The summed E-state index contributed by atoms with van der Waals surface area (Å²) in [7, 11) is 1.09. The Hall–Kier alpha value is -3.69. The Labute approximate surface area is 189 Å². The van der Waals surface area contributed by atoms with Crippen molar-refractivity contribution >= 4 is 34.1 Å². The van der Waals surface area contributed by atoms with Crippen molar-refractivity contribution in [3.8, 4) is 5.75 Å². The minimum absolute atomic E-state index is 0.00628. The van der Waals surface area contributed by atoms with Crippen molar-refractivity contribution in [1.29, 1.82) is 0 Å². The van der Waals surface area contributed by atoms with Crippen LogP contribution in [-0.4, -0.2) is 58.2 Å². The van der Waals surface area contributed by atoms with E-state index in [9.17, 15) is 24.6 Å². The maximum atomic E-state index is 13.1. The van der Waals surface area contributed by atoms with Gasteiger partial charge in [0.25, 0.3) is 11.9 Å². The molecule has 2 heterocycles. The third kappa shape index (κ3) is 3.75. The highest BCUT2D eigenvalue weighted by Gasteiger charge is 2.42. The van der Waals surface area contributed by atoms with E-state index < -0.39 is 36.4 Å². The summed E-state index contributed by atoms with van der Waals surface area (Å²) in [6.07, 6.45) is -3.19. The quantitative estimate of drug-likeness (QED) is 0.287. The van der Waals surface area contributed by atoms with Crippen LogP contribution in [0.2, 0.25) is 0 Å². The lowest BCUT2D eigenvalue weighted by Crippen LogP contribution is -2.39. The number of fused-ring (bicyclic) bond motifs is 4. The number of ether oxygens (including phenoxy) is 2. The van der Waals surface area contributed by atoms with E-state index in [0.29, 0.717) is 28.8 Å². The molecule has 0 saturated heterocycles. The highest BCUT2D eigenvalue weighted by molar-refractivity contribution is 6.49. The van der Waals surface area contributed by atoms with Crippen LogP contribution in [0, 0.1) is 6.92 Å². The number of carbonyl (C=O) groups excluding carboxylic acids is 3. The summed E-state index contributed by atoms with van der Waals surface area (Å²) < 4.78 is 12.4. The first kappa shape index (κ1) is 22.5. The summed E-state index contributed by atoms with van der Waals surface area (Å²) in [6, 6.07) is 11.2. The Morgan fingerprint density at radius 3 is 2.61 bits per heavy atom. The average molecular weight is 452 g/mol. The second-order valence-corrected chi connectivity index (χ2v) is 7.95. The van der Waals surface area contributed by atoms with E-state index in [1.54, 1.807) is 0 Å². The van der Waals surface area contributed by atoms with Crippen LogP contribution in [0.3, 0.4) is 0 Å². The Kier molecular flexibility index (Phi) is 5.92. The number of ketones is 2. The first-order valence-corrected chi connectivity index (χ1v) is 10.4. The number of anilines is 1. The van der Waals surface area contributed by atoms with Crippen molar-refractivity contribution in [2.45, 2.75) is 32.1 Å². The number of hydrogen-bond acceptors (Lipinski definition) is 8. The molecule has 1 aromatic heterocycles. The summed E-state index contributed by atoms with van der Waals surface area (Å²) in [5, 5.41) is 19.9. The number of methoxy groups -OCH3 is 1. The second-order valence-electron chi connectivity index (χ2n) is 7.95. The lowest BCUT2D eigenvalue weighted by atomic mass is 9.94. The van der Waals surface area contributed by atoms with E-state index in [1.165, 1.54) is 6.07 Å².